The van der Waals surface area contributed by atoms with Crippen LogP contribution in [0.15, 0.2) is 54.6 Å². The van der Waals surface area contributed by atoms with Crippen LogP contribution in [0.3, 0.4) is 0 Å². The summed E-state index contributed by atoms with van der Waals surface area (Å²) in [6, 6.07) is 14.6. The summed E-state index contributed by atoms with van der Waals surface area (Å²) in [5.74, 6) is 1.13. The van der Waals surface area contributed by atoms with Crippen LogP contribution in [-0.4, -0.2) is 36.9 Å². The van der Waals surface area contributed by atoms with Crippen molar-refractivity contribution in [2.75, 3.05) is 25.5 Å². The second kappa shape index (κ2) is 9.22. The number of benzene rings is 2. The van der Waals surface area contributed by atoms with Gasteiger partial charge < -0.3 is 15.0 Å². The normalized spacial score (nSPS) is 14.9. The van der Waals surface area contributed by atoms with Crippen molar-refractivity contribution in [3.8, 4) is 5.75 Å². The fourth-order valence-corrected chi connectivity index (χ4v) is 3.28. The van der Waals surface area contributed by atoms with E-state index in [9.17, 15) is 9.59 Å². The van der Waals surface area contributed by atoms with Crippen molar-refractivity contribution < 1.29 is 14.3 Å². The number of nitrogens with one attached hydrogen (secondary N) is 1. The highest BCUT2D eigenvalue weighted by atomic mass is 16.5. The molecule has 1 saturated heterocycles. The Hall–Kier alpha value is -3.08. The molecule has 146 valence electrons. The van der Waals surface area contributed by atoms with Crippen molar-refractivity contribution >= 4 is 23.6 Å². The summed E-state index contributed by atoms with van der Waals surface area (Å²) in [5.41, 5.74) is 2.02. The highest BCUT2D eigenvalue weighted by Gasteiger charge is 2.21. The van der Waals surface area contributed by atoms with E-state index in [4.69, 9.17) is 4.74 Å². The van der Waals surface area contributed by atoms with E-state index in [0.29, 0.717) is 22.9 Å². The molecule has 1 aliphatic rings. The average molecular weight is 378 g/mol. The number of piperidine rings is 1. The van der Waals surface area contributed by atoms with Gasteiger partial charge in [0.2, 0.25) is 5.91 Å². The Bertz CT molecular complexity index is 868. The number of hydrogen-bond acceptors (Lipinski definition) is 3. The molecule has 2 aromatic rings. The van der Waals surface area contributed by atoms with Crippen molar-refractivity contribution in [2.45, 2.75) is 19.8 Å². The van der Waals surface area contributed by atoms with Gasteiger partial charge in [0.1, 0.15) is 5.75 Å². The van der Waals surface area contributed by atoms with Gasteiger partial charge >= 0.3 is 0 Å². The smallest absolute Gasteiger partial charge is 0.253 e. The van der Waals surface area contributed by atoms with Gasteiger partial charge in [0, 0.05) is 36.0 Å². The number of amides is 2. The third-order valence-corrected chi connectivity index (χ3v) is 5.00. The molecule has 2 aromatic carbocycles. The van der Waals surface area contributed by atoms with E-state index in [2.05, 4.69) is 12.2 Å². The molecule has 5 nitrogen and oxygen atoms in total. The molecule has 1 fully saturated rings. The molecule has 1 heterocycles. The number of rotatable bonds is 5. The molecular formula is C23H26N2O3. The molecule has 1 N–H and O–H groups in total. The topological polar surface area (TPSA) is 58.6 Å². The second-order valence-electron chi connectivity index (χ2n) is 7.12. The molecular weight excluding hydrogens is 352 g/mol. The van der Waals surface area contributed by atoms with Crippen LogP contribution < -0.4 is 10.1 Å². The van der Waals surface area contributed by atoms with Gasteiger partial charge in [-0.2, -0.15) is 0 Å². The zero-order valence-corrected chi connectivity index (χ0v) is 16.4. The Morgan fingerprint density at radius 2 is 1.86 bits per heavy atom. The molecule has 0 radical (unpaired) electrons. The van der Waals surface area contributed by atoms with Crippen molar-refractivity contribution in [2.24, 2.45) is 5.92 Å². The average Bonchev–Trinajstić information content (AvgIpc) is 2.72. The maximum atomic E-state index is 12.7. The standard InChI is InChI=1S/C23H26N2O3/c1-17-12-14-25(15-13-17)23(27)19-7-5-8-20(16-19)24-22(26)11-10-18-6-3-4-9-21(18)28-2/h3-11,16-17H,12-15H2,1-2H3,(H,24,26)/b11-10+. The van der Waals surface area contributed by atoms with Gasteiger partial charge in [-0.1, -0.05) is 31.2 Å². The number of methoxy groups -OCH3 is 1. The highest BCUT2D eigenvalue weighted by molar-refractivity contribution is 6.03. The number of hydrogen-bond donors (Lipinski definition) is 1. The van der Waals surface area contributed by atoms with E-state index in [1.54, 1.807) is 37.5 Å². The second-order valence-corrected chi connectivity index (χ2v) is 7.12. The van der Waals surface area contributed by atoms with Crippen LogP contribution >= 0.6 is 0 Å². The molecule has 5 heteroatoms. The van der Waals surface area contributed by atoms with Crippen molar-refractivity contribution in [3.63, 3.8) is 0 Å². The maximum Gasteiger partial charge on any atom is 0.253 e. The molecule has 0 spiro atoms. The lowest BCUT2D eigenvalue weighted by molar-refractivity contribution is -0.111. The number of para-hydroxylation sites is 1. The largest absolute Gasteiger partial charge is 0.496 e. The maximum absolute atomic E-state index is 12.7. The molecule has 0 aliphatic carbocycles. The number of anilines is 1. The minimum Gasteiger partial charge on any atom is -0.496 e. The van der Waals surface area contributed by atoms with Gasteiger partial charge in [-0.3, -0.25) is 9.59 Å². The summed E-state index contributed by atoms with van der Waals surface area (Å²) in [4.78, 5) is 26.9. The first-order valence-corrected chi connectivity index (χ1v) is 9.58. The van der Waals surface area contributed by atoms with Gasteiger partial charge in [-0.15, -0.1) is 0 Å². The Labute approximate surface area is 166 Å². The van der Waals surface area contributed by atoms with Crippen molar-refractivity contribution in [1.29, 1.82) is 0 Å². The molecule has 2 amide bonds. The number of ether oxygens (including phenoxy) is 1. The van der Waals surface area contributed by atoms with E-state index in [-0.39, 0.29) is 11.8 Å². The summed E-state index contributed by atoms with van der Waals surface area (Å²) in [6.07, 6.45) is 5.24. The highest BCUT2D eigenvalue weighted by Crippen LogP contribution is 2.20. The zero-order valence-electron chi connectivity index (χ0n) is 16.4. The summed E-state index contributed by atoms with van der Waals surface area (Å²) >= 11 is 0. The third-order valence-electron chi connectivity index (χ3n) is 5.00. The summed E-state index contributed by atoms with van der Waals surface area (Å²) in [7, 11) is 1.60. The molecule has 28 heavy (non-hydrogen) atoms. The van der Waals surface area contributed by atoms with Gasteiger partial charge in [0.25, 0.3) is 5.91 Å². The quantitative estimate of drug-likeness (QED) is 0.793. The lowest BCUT2D eigenvalue weighted by Crippen LogP contribution is -2.37. The van der Waals surface area contributed by atoms with Crippen LogP contribution in [0, 0.1) is 5.92 Å². The molecule has 0 unspecified atom stereocenters. The Balaban J connectivity index is 1.64. The Morgan fingerprint density at radius 1 is 1.11 bits per heavy atom. The minimum absolute atomic E-state index is 0.0209. The fraction of sp³-hybridized carbons (Fsp3) is 0.304. The van der Waals surface area contributed by atoms with Crippen LogP contribution in [0.4, 0.5) is 5.69 Å². The van der Waals surface area contributed by atoms with Crippen LogP contribution in [0.5, 0.6) is 5.75 Å². The summed E-state index contributed by atoms with van der Waals surface area (Å²) in [6.45, 7) is 3.80. The third kappa shape index (κ3) is 5.00. The molecule has 0 aromatic heterocycles. The van der Waals surface area contributed by atoms with E-state index in [1.807, 2.05) is 29.2 Å². The number of likely N-dealkylation sites (tertiary alicyclic amines) is 1. The van der Waals surface area contributed by atoms with Crippen LogP contribution in [-0.2, 0) is 4.79 Å². The monoisotopic (exact) mass is 378 g/mol. The molecule has 3 rings (SSSR count). The van der Waals surface area contributed by atoms with Gasteiger partial charge in [-0.25, -0.2) is 0 Å². The molecule has 0 saturated carbocycles. The summed E-state index contributed by atoms with van der Waals surface area (Å²) in [5, 5.41) is 2.82. The first-order chi connectivity index (χ1) is 13.6. The van der Waals surface area contributed by atoms with Crippen LogP contribution in [0.2, 0.25) is 0 Å². The van der Waals surface area contributed by atoms with Gasteiger partial charge in [0.05, 0.1) is 7.11 Å². The summed E-state index contributed by atoms with van der Waals surface area (Å²) < 4.78 is 5.28. The van der Waals surface area contributed by atoms with Crippen molar-refractivity contribution in [1.82, 2.24) is 4.90 Å². The van der Waals surface area contributed by atoms with Gasteiger partial charge in [0.15, 0.2) is 0 Å². The fourth-order valence-electron chi connectivity index (χ4n) is 3.28. The lowest BCUT2D eigenvalue weighted by atomic mass is 9.98. The van der Waals surface area contributed by atoms with Gasteiger partial charge in [-0.05, 0) is 49.1 Å². The Kier molecular flexibility index (Phi) is 6.48. The van der Waals surface area contributed by atoms with E-state index >= 15 is 0 Å². The van der Waals surface area contributed by atoms with E-state index < -0.39 is 0 Å². The first kappa shape index (κ1) is 19.7. The SMILES string of the molecule is COc1ccccc1/C=C/C(=O)Nc1cccc(C(=O)N2CCC(C)CC2)c1. The molecule has 0 atom stereocenters. The number of nitrogens with zero attached hydrogens (tertiary/aromatic N) is 1. The Morgan fingerprint density at radius 3 is 2.61 bits per heavy atom. The predicted molar refractivity (Wildman–Crippen MR) is 111 cm³/mol. The van der Waals surface area contributed by atoms with Crippen molar-refractivity contribution in [3.05, 3.63) is 65.7 Å². The van der Waals surface area contributed by atoms with Crippen LogP contribution in [0.25, 0.3) is 6.08 Å². The molecule has 1 aliphatic heterocycles. The molecule has 0 bridgehead atoms. The predicted octanol–water partition coefficient (Wildman–Crippen LogP) is 4.22. The number of carbonyl (C=O) groups excluding carboxylic acids is 2. The first-order valence-electron chi connectivity index (χ1n) is 9.58. The number of carbonyl (C=O) groups is 2. The lowest BCUT2D eigenvalue weighted by Gasteiger charge is -2.30. The van der Waals surface area contributed by atoms with Crippen LogP contribution in [0.1, 0.15) is 35.7 Å². The van der Waals surface area contributed by atoms with E-state index in [0.717, 1.165) is 31.5 Å². The minimum atomic E-state index is -0.262. The zero-order chi connectivity index (χ0) is 19.9. The van der Waals surface area contributed by atoms with E-state index in [1.165, 1.54) is 6.08 Å².